The number of halogens is 2. The van der Waals surface area contributed by atoms with Crippen LogP contribution in [0.1, 0.15) is 11.1 Å². The lowest BCUT2D eigenvalue weighted by atomic mass is 10.0. The van der Waals surface area contributed by atoms with Gasteiger partial charge < -0.3 is 16.2 Å². The van der Waals surface area contributed by atoms with Crippen LogP contribution >= 0.6 is 24.8 Å². The van der Waals surface area contributed by atoms with Crippen molar-refractivity contribution < 1.29 is 5.11 Å². The molecule has 0 aliphatic rings. The molecule has 0 aromatic heterocycles. The van der Waals surface area contributed by atoms with Gasteiger partial charge in [0, 0.05) is 19.1 Å². The Bertz CT molecular complexity index is 497. The lowest BCUT2D eigenvalue weighted by Crippen LogP contribution is -2.42. The van der Waals surface area contributed by atoms with Crippen molar-refractivity contribution in [3.8, 4) is 0 Å². The van der Waals surface area contributed by atoms with Crippen molar-refractivity contribution in [1.82, 2.24) is 5.32 Å². The molecule has 0 saturated heterocycles. The van der Waals surface area contributed by atoms with E-state index in [1.165, 1.54) is 5.56 Å². The summed E-state index contributed by atoms with van der Waals surface area (Å²) >= 11 is 0. The maximum absolute atomic E-state index is 10.1. The molecule has 0 heterocycles. The van der Waals surface area contributed by atoms with Crippen LogP contribution in [0.3, 0.4) is 0 Å². The molecule has 2 aromatic rings. The van der Waals surface area contributed by atoms with Crippen LogP contribution in [0.4, 0.5) is 0 Å². The molecule has 5 heteroatoms. The third-order valence-corrected chi connectivity index (χ3v) is 3.33. The number of nitrogens with two attached hydrogens (primary N) is 1. The van der Waals surface area contributed by atoms with Crippen LogP contribution in [0.15, 0.2) is 60.7 Å². The Morgan fingerprint density at radius 2 is 1.36 bits per heavy atom. The molecule has 22 heavy (non-hydrogen) atoms. The van der Waals surface area contributed by atoms with E-state index in [-0.39, 0.29) is 30.9 Å². The van der Waals surface area contributed by atoms with Gasteiger partial charge >= 0.3 is 0 Å². The quantitative estimate of drug-likeness (QED) is 0.724. The Hall–Kier alpha value is -1.10. The molecule has 0 spiro atoms. The van der Waals surface area contributed by atoms with Crippen LogP contribution in [0.5, 0.6) is 0 Å². The minimum atomic E-state index is -0.543. The standard InChI is InChI=1S/C17H22N2O.2ClH/c18-16(11-14-7-3-1-4-8-14)17(20)13-19-12-15-9-5-2-6-10-15;;/h1-10,16-17,19-20H,11-13,18H2;2*1H/t16-,17+;;/m1../s1. The third-order valence-electron chi connectivity index (χ3n) is 3.33. The molecule has 0 amide bonds. The Labute approximate surface area is 144 Å². The van der Waals surface area contributed by atoms with E-state index in [1.807, 2.05) is 48.5 Å². The van der Waals surface area contributed by atoms with E-state index in [4.69, 9.17) is 5.73 Å². The van der Waals surface area contributed by atoms with E-state index in [0.717, 1.165) is 12.1 Å². The fourth-order valence-electron chi connectivity index (χ4n) is 2.13. The molecule has 0 unspecified atom stereocenters. The zero-order valence-electron chi connectivity index (χ0n) is 12.4. The van der Waals surface area contributed by atoms with Crippen molar-refractivity contribution in [2.24, 2.45) is 5.73 Å². The van der Waals surface area contributed by atoms with Crippen LogP contribution in [-0.2, 0) is 13.0 Å². The van der Waals surface area contributed by atoms with Crippen LogP contribution in [0.25, 0.3) is 0 Å². The summed E-state index contributed by atoms with van der Waals surface area (Å²) in [4.78, 5) is 0. The monoisotopic (exact) mass is 342 g/mol. The van der Waals surface area contributed by atoms with Gasteiger partial charge in [-0.2, -0.15) is 0 Å². The zero-order chi connectivity index (χ0) is 14.2. The molecule has 4 N–H and O–H groups in total. The van der Waals surface area contributed by atoms with Crippen molar-refractivity contribution in [3.63, 3.8) is 0 Å². The van der Waals surface area contributed by atoms with Gasteiger partial charge in [0.2, 0.25) is 0 Å². The Kier molecular flexibility index (Phi) is 10.9. The highest BCUT2D eigenvalue weighted by Crippen LogP contribution is 2.04. The first-order valence-electron chi connectivity index (χ1n) is 6.98. The van der Waals surface area contributed by atoms with Gasteiger partial charge in [0.1, 0.15) is 0 Å². The minimum Gasteiger partial charge on any atom is -0.390 e. The lowest BCUT2D eigenvalue weighted by molar-refractivity contribution is 0.141. The van der Waals surface area contributed by atoms with Crippen LogP contribution in [0, 0.1) is 0 Å². The first-order chi connectivity index (χ1) is 9.75. The molecular formula is C17H24Cl2N2O. The number of hydrogen-bond acceptors (Lipinski definition) is 3. The number of aliphatic hydroxyl groups excluding tert-OH is 1. The molecular weight excluding hydrogens is 319 g/mol. The summed E-state index contributed by atoms with van der Waals surface area (Å²) < 4.78 is 0. The van der Waals surface area contributed by atoms with E-state index in [9.17, 15) is 5.11 Å². The molecule has 122 valence electrons. The summed E-state index contributed by atoms with van der Waals surface area (Å²) in [7, 11) is 0. The topological polar surface area (TPSA) is 58.3 Å². The van der Waals surface area contributed by atoms with E-state index in [0.29, 0.717) is 13.0 Å². The first-order valence-corrected chi connectivity index (χ1v) is 6.98. The number of aliphatic hydroxyl groups is 1. The summed E-state index contributed by atoms with van der Waals surface area (Å²) in [5.41, 5.74) is 8.40. The van der Waals surface area contributed by atoms with Gasteiger partial charge in [-0.3, -0.25) is 0 Å². The Morgan fingerprint density at radius 1 is 0.864 bits per heavy atom. The summed E-state index contributed by atoms with van der Waals surface area (Å²) in [5.74, 6) is 0. The highest BCUT2D eigenvalue weighted by molar-refractivity contribution is 5.85. The van der Waals surface area contributed by atoms with Crippen LogP contribution in [0.2, 0.25) is 0 Å². The van der Waals surface area contributed by atoms with Crippen molar-refractivity contribution in [2.45, 2.75) is 25.1 Å². The fraction of sp³-hybridized carbons (Fsp3) is 0.294. The van der Waals surface area contributed by atoms with Crippen LogP contribution in [-0.4, -0.2) is 23.8 Å². The van der Waals surface area contributed by atoms with Gasteiger partial charge in [-0.1, -0.05) is 60.7 Å². The average Bonchev–Trinajstić information content (AvgIpc) is 2.49. The largest absolute Gasteiger partial charge is 0.390 e. The fourth-order valence-corrected chi connectivity index (χ4v) is 2.13. The molecule has 0 aliphatic heterocycles. The highest BCUT2D eigenvalue weighted by Gasteiger charge is 2.14. The molecule has 2 aromatic carbocycles. The van der Waals surface area contributed by atoms with Gasteiger partial charge in [-0.15, -0.1) is 24.8 Å². The Balaban J connectivity index is 0.00000220. The number of benzene rings is 2. The second kappa shape index (κ2) is 11.5. The lowest BCUT2D eigenvalue weighted by Gasteiger charge is -2.19. The van der Waals surface area contributed by atoms with E-state index >= 15 is 0 Å². The minimum absolute atomic E-state index is 0. The summed E-state index contributed by atoms with van der Waals surface area (Å²) in [5, 5.41) is 13.3. The second-order valence-corrected chi connectivity index (χ2v) is 5.04. The van der Waals surface area contributed by atoms with E-state index in [2.05, 4.69) is 17.4 Å². The van der Waals surface area contributed by atoms with Crippen molar-refractivity contribution in [1.29, 1.82) is 0 Å². The Morgan fingerprint density at radius 3 is 1.91 bits per heavy atom. The molecule has 3 nitrogen and oxygen atoms in total. The first kappa shape index (κ1) is 20.9. The van der Waals surface area contributed by atoms with Crippen molar-refractivity contribution in [2.75, 3.05) is 6.54 Å². The maximum atomic E-state index is 10.1. The summed E-state index contributed by atoms with van der Waals surface area (Å²) in [6.45, 7) is 1.25. The van der Waals surface area contributed by atoms with Gasteiger partial charge in [-0.25, -0.2) is 0 Å². The average molecular weight is 343 g/mol. The molecule has 0 bridgehead atoms. The van der Waals surface area contributed by atoms with E-state index in [1.54, 1.807) is 0 Å². The molecule has 2 rings (SSSR count). The van der Waals surface area contributed by atoms with Crippen LogP contribution < -0.4 is 11.1 Å². The summed E-state index contributed by atoms with van der Waals surface area (Å²) in [6.07, 6.45) is 0.147. The molecule has 0 fully saturated rings. The maximum Gasteiger partial charge on any atom is 0.0818 e. The molecule has 0 saturated carbocycles. The van der Waals surface area contributed by atoms with Crippen molar-refractivity contribution >= 4 is 24.8 Å². The van der Waals surface area contributed by atoms with E-state index < -0.39 is 6.10 Å². The van der Waals surface area contributed by atoms with Gasteiger partial charge in [0.25, 0.3) is 0 Å². The number of hydrogen-bond donors (Lipinski definition) is 3. The smallest absolute Gasteiger partial charge is 0.0818 e. The predicted molar refractivity (Wildman–Crippen MR) is 96.8 cm³/mol. The van der Waals surface area contributed by atoms with Gasteiger partial charge in [0.05, 0.1) is 6.10 Å². The predicted octanol–water partition coefficient (Wildman–Crippen LogP) is 2.55. The molecule has 0 aliphatic carbocycles. The SMILES string of the molecule is Cl.Cl.N[C@H](Cc1ccccc1)[C@@H](O)CNCc1ccccc1. The van der Waals surface area contributed by atoms with Gasteiger partial charge in [-0.05, 0) is 17.5 Å². The summed E-state index contributed by atoms with van der Waals surface area (Å²) in [6, 6.07) is 19.9. The number of rotatable bonds is 7. The molecule has 2 atom stereocenters. The molecule has 0 radical (unpaired) electrons. The second-order valence-electron chi connectivity index (χ2n) is 5.04. The van der Waals surface area contributed by atoms with Gasteiger partial charge in [0.15, 0.2) is 0 Å². The third kappa shape index (κ3) is 7.25. The van der Waals surface area contributed by atoms with Crippen molar-refractivity contribution in [3.05, 3.63) is 71.8 Å². The number of nitrogens with one attached hydrogen (secondary N) is 1. The normalized spacial score (nSPS) is 12.6. The zero-order valence-corrected chi connectivity index (χ0v) is 14.0. The highest BCUT2D eigenvalue weighted by atomic mass is 35.5.